The molecule has 1 aliphatic heterocycles. The fraction of sp³-hybridized carbons (Fsp3) is 0.400. The number of aromatic nitrogens is 3. The number of ether oxygens (including phenoxy) is 3. The molecule has 214 valence electrons. The Morgan fingerprint density at radius 2 is 1.90 bits per heavy atom. The van der Waals surface area contributed by atoms with Crippen molar-refractivity contribution < 1.29 is 37.0 Å². The van der Waals surface area contributed by atoms with Crippen molar-refractivity contribution >= 4 is 29.2 Å². The molecular formula is C25H27F3N6O5S. The van der Waals surface area contributed by atoms with Gasteiger partial charge in [0.05, 0.1) is 25.9 Å². The van der Waals surface area contributed by atoms with E-state index >= 15 is 0 Å². The van der Waals surface area contributed by atoms with Gasteiger partial charge in [0, 0.05) is 60.6 Å². The molecule has 11 nitrogen and oxygen atoms in total. The highest BCUT2D eigenvalue weighted by molar-refractivity contribution is 7.13. The summed E-state index contributed by atoms with van der Waals surface area (Å²) in [5, 5.41) is 6.04. The highest BCUT2D eigenvalue weighted by atomic mass is 32.1. The van der Waals surface area contributed by atoms with Crippen LogP contribution in [0.15, 0.2) is 29.9 Å². The number of anilines is 1. The van der Waals surface area contributed by atoms with Crippen molar-refractivity contribution in [2.75, 3.05) is 58.4 Å². The zero-order valence-corrected chi connectivity index (χ0v) is 22.5. The molecule has 1 aliphatic rings. The topological polar surface area (TPSA) is 128 Å². The van der Waals surface area contributed by atoms with Crippen molar-refractivity contribution in [2.45, 2.75) is 13.1 Å². The van der Waals surface area contributed by atoms with Crippen LogP contribution in [0.5, 0.6) is 5.88 Å². The maximum absolute atomic E-state index is 13.4. The molecule has 0 bridgehead atoms. The first-order valence-electron chi connectivity index (χ1n) is 12.3. The normalized spacial score (nSPS) is 14.0. The van der Waals surface area contributed by atoms with Crippen LogP contribution in [0, 0.1) is 0 Å². The molecule has 0 radical (unpaired) electrons. The van der Waals surface area contributed by atoms with Gasteiger partial charge in [0.15, 0.2) is 5.69 Å². The number of carbonyl (C=O) groups excluding carboxylic acids is 2. The monoisotopic (exact) mass is 580 g/mol. The molecule has 1 fully saturated rings. The number of methoxy groups -OCH3 is 1. The Bertz CT molecular complexity index is 1350. The van der Waals surface area contributed by atoms with E-state index in [1.807, 2.05) is 0 Å². The van der Waals surface area contributed by atoms with Gasteiger partial charge in [-0.1, -0.05) is 0 Å². The molecule has 2 N–H and O–H groups in total. The Balaban J connectivity index is 1.77. The smallest absolute Gasteiger partial charge is 0.434 e. The first-order valence-corrected chi connectivity index (χ1v) is 13.2. The van der Waals surface area contributed by atoms with Gasteiger partial charge in [-0.15, -0.1) is 11.3 Å². The number of pyridine rings is 2. The van der Waals surface area contributed by atoms with Crippen LogP contribution in [0.2, 0.25) is 0 Å². The molecule has 2 amide bonds. The molecule has 4 heterocycles. The first kappa shape index (κ1) is 29.2. The second-order valence-corrected chi connectivity index (χ2v) is 9.36. The zero-order valence-electron chi connectivity index (χ0n) is 21.7. The molecule has 3 aromatic heterocycles. The van der Waals surface area contributed by atoms with Crippen LogP contribution in [0.3, 0.4) is 0 Å². The second-order valence-electron chi connectivity index (χ2n) is 8.51. The SMILES string of the molecule is CCNC(=O)Nc1cc(-c2nc(C(F)(F)F)cs2)c(-c2cc(C(=O)OC)cnc2OCCN2CCOCC2)cn1. The number of thiazole rings is 1. The zero-order chi connectivity index (χ0) is 28.7. The standard InChI is InChI=1S/C25H27F3N6O5S/c1-3-29-24(36)33-20-11-17(22-32-19(14-40-22)25(26,27)28)18(13-30-20)16-10-15(23(35)37-2)12-31-21(16)39-9-6-34-4-7-38-8-5-34/h10-14H,3-9H2,1-2H3,(H2,29,30,33,36). The van der Waals surface area contributed by atoms with Gasteiger partial charge in [-0.05, 0) is 19.1 Å². The van der Waals surface area contributed by atoms with E-state index in [0.717, 1.165) is 29.8 Å². The second kappa shape index (κ2) is 13.0. The number of halogens is 3. The number of carbonyl (C=O) groups is 2. The Kier molecular flexibility index (Phi) is 9.50. The third-order valence-corrected chi connectivity index (χ3v) is 6.70. The summed E-state index contributed by atoms with van der Waals surface area (Å²) >= 11 is 0.775. The average molecular weight is 581 g/mol. The van der Waals surface area contributed by atoms with Crippen LogP contribution >= 0.6 is 11.3 Å². The summed E-state index contributed by atoms with van der Waals surface area (Å²) in [6.45, 7) is 5.69. The molecule has 1 saturated heterocycles. The molecule has 3 aromatic rings. The van der Waals surface area contributed by atoms with E-state index < -0.39 is 23.9 Å². The van der Waals surface area contributed by atoms with E-state index in [1.54, 1.807) is 6.92 Å². The quantitative estimate of drug-likeness (QED) is 0.362. The van der Waals surface area contributed by atoms with E-state index in [-0.39, 0.29) is 34.4 Å². The van der Waals surface area contributed by atoms with Crippen molar-refractivity contribution in [3.8, 4) is 27.6 Å². The van der Waals surface area contributed by atoms with Crippen molar-refractivity contribution in [3.05, 3.63) is 41.2 Å². The summed E-state index contributed by atoms with van der Waals surface area (Å²) in [5.41, 5.74) is -0.144. The van der Waals surface area contributed by atoms with E-state index in [0.29, 0.717) is 37.4 Å². The summed E-state index contributed by atoms with van der Waals surface area (Å²) in [5.74, 6) is -0.437. The number of hydrogen-bond acceptors (Lipinski definition) is 10. The Hall–Kier alpha value is -3.82. The average Bonchev–Trinajstić information content (AvgIpc) is 3.45. The predicted octanol–water partition coefficient (Wildman–Crippen LogP) is 3.92. The molecule has 0 atom stereocenters. The van der Waals surface area contributed by atoms with Crippen LogP contribution in [-0.4, -0.2) is 85.0 Å². The Morgan fingerprint density at radius 1 is 1.12 bits per heavy atom. The number of esters is 1. The summed E-state index contributed by atoms with van der Waals surface area (Å²) in [7, 11) is 1.22. The van der Waals surface area contributed by atoms with Crippen molar-refractivity contribution in [1.82, 2.24) is 25.2 Å². The lowest BCUT2D eigenvalue weighted by atomic mass is 10.0. The van der Waals surface area contributed by atoms with Crippen LogP contribution in [0.4, 0.5) is 23.8 Å². The number of morpholine rings is 1. The Labute approximate surface area is 231 Å². The van der Waals surface area contributed by atoms with Gasteiger partial charge in [-0.25, -0.2) is 24.5 Å². The summed E-state index contributed by atoms with van der Waals surface area (Å²) in [4.78, 5) is 38.9. The predicted molar refractivity (Wildman–Crippen MR) is 140 cm³/mol. The summed E-state index contributed by atoms with van der Waals surface area (Å²) in [6, 6.07) is 2.34. The summed E-state index contributed by atoms with van der Waals surface area (Å²) in [6.07, 6.45) is -1.99. The van der Waals surface area contributed by atoms with Gasteiger partial charge in [-0.3, -0.25) is 10.2 Å². The number of nitrogens with zero attached hydrogens (tertiary/aromatic N) is 4. The van der Waals surface area contributed by atoms with Crippen molar-refractivity contribution in [3.63, 3.8) is 0 Å². The summed E-state index contributed by atoms with van der Waals surface area (Å²) < 4.78 is 56.3. The van der Waals surface area contributed by atoms with E-state index in [9.17, 15) is 22.8 Å². The number of rotatable bonds is 9. The minimum atomic E-state index is -4.65. The molecule has 0 spiro atoms. The van der Waals surface area contributed by atoms with E-state index in [4.69, 9.17) is 14.2 Å². The van der Waals surface area contributed by atoms with Crippen LogP contribution in [0.1, 0.15) is 23.0 Å². The molecule has 0 aliphatic carbocycles. The molecule has 0 saturated carbocycles. The maximum Gasteiger partial charge on any atom is 0.434 e. The molecular weight excluding hydrogens is 553 g/mol. The van der Waals surface area contributed by atoms with Crippen molar-refractivity contribution in [1.29, 1.82) is 0 Å². The van der Waals surface area contributed by atoms with E-state index in [2.05, 4.69) is 30.5 Å². The maximum atomic E-state index is 13.4. The van der Waals surface area contributed by atoms with Gasteiger partial charge in [0.2, 0.25) is 5.88 Å². The van der Waals surface area contributed by atoms with Crippen LogP contribution < -0.4 is 15.4 Å². The fourth-order valence-electron chi connectivity index (χ4n) is 3.85. The van der Waals surface area contributed by atoms with E-state index in [1.165, 1.54) is 31.6 Å². The lowest BCUT2D eigenvalue weighted by Crippen LogP contribution is -2.38. The highest BCUT2D eigenvalue weighted by Gasteiger charge is 2.34. The minimum Gasteiger partial charge on any atom is -0.476 e. The lowest BCUT2D eigenvalue weighted by Gasteiger charge is -2.26. The number of alkyl halides is 3. The number of urea groups is 1. The number of nitrogens with one attached hydrogen (secondary N) is 2. The minimum absolute atomic E-state index is 0.0198. The van der Waals surface area contributed by atoms with Crippen LogP contribution in [0.25, 0.3) is 21.7 Å². The van der Waals surface area contributed by atoms with Crippen LogP contribution in [-0.2, 0) is 15.7 Å². The Morgan fingerprint density at radius 3 is 2.58 bits per heavy atom. The van der Waals surface area contributed by atoms with Gasteiger partial charge in [-0.2, -0.15) is 13.2 Å². The third-order valence-electron chi connectivity index (χ3n) is 5.82. The van der Waals surface area contributed by atoms with Gasteiger partial charge in [0.25, 0.3) is 0 Å². The lowest BCUT2D eigenvalue weighted by molar-refractivity contribution is -0.140. The van der Waals surface area contributed by atoms with Gasteiger partial charge < -0.3 is 19.5 Å². The highest BCUT2D eigenvalue weighted by Crippen LogP contribution is 2.41. The largest absolute Gasteiger partial charge is 0.476 e. The fourth-order valence-corrected chi connectivity index (χ4v) is 4.71. The third kappa shape index (κ3) is 7.22. The number of hydrogen-bond donors (Lipinski definition) is 2. The molecule has 0 aromatic carbocycles. The van der Waals surface area contributed by atoms with Crippen molar-refractivity contribution in [2.24, 2.45) is 0 Å². The molecule has 0 unspecified atom stereocenters. The van der Waals surface area contributed by atoms with Gasteiger partial charge >= 0.3 is 18.2 Å². The molecule has 40 heavy (non-hydrogen) atoms. The first-order chi connectivity index (χ1) is 19.2. The van der Waals surface area contributed by atoms with Gasteiger partial charge in [0.1, 0.15) is 17.4 Å². The molecule has 15 heteroatoms. The number of amides is 2. The molecule has 4 rings (SSSR count).